The highest BCUT2D eigenvalue weighted by atomic mass is 31.0. The Kier molecular flexibility index (Phi) is 10.7. The maximum Gasteiger partial charge on any atom is 0.416 e. The van der Waals surface area contributed by atoms with E-state index in [9.17, 15) is 19.2 Å². The lowest BCUT2D eigenvalue weighted by Crippen LogP contribution is -2.65. The van der Waals surface area contributed by atoms with E-state index >= 15 is 0 Å². The summed E-state index contributed by atoms with van der Waals surface area (Å²) in [6.07, 6.45) is -0.568. The number of carbonyl (C=O) groups is 4. The summed E-state index contributed by atoms with van der Waals surface area (Å²) < 4.78 is 16.0. The van der Waals surface area contributed by atoms with Gasteiger partial charge in [-0.1, -0.05) is 27.7 Å². The van der Waals surface area contributed by atoms with Crippen LogP contribution in [0.1, 0.15) is 41.0 Å². The third kappa shape index (κ3) is 6.38. The number of likely N-dealkylation sites (tertiary alicyclic amines) is 1. The molecule has 3 rings (SSSR count). The lowest BCUT2D eigenvalue weighted by Gasteiger charge is -2.49. The zero-order valence-corrected chi connectivity index (χ0v) is 26.6. The minimum absolute atomic E-state index is 0.0815. The van der Waals surface area contributed by atoms with Gasteiger partial charge in [0.05, 0.1) is 42.9 Å². The molecule has 3 N–H and O–H groups in total. The Labute approximate surface area is 235 Å². The van der Waals surface area contributed by atoms with Gasteiger partial charge in [0, 0.05) is 19.0 Å². The van der Waals surface area contributed by atoms with E-state index in [0.717, 1.165) is 23.7 Å². The summed E-state index contributed by atoms with van der Waals surface area (Å²) in [6.45, 7) is 11.9. The van der Waals surface area contributed by atoms with Crippen molar-refractivity contribution in [1.82, 2.24) is 20.4 Å². The largest absolute Gasteiger partial charge is 0.447 e. The molecule has 0 aromatic carbocycles. The number of nitrogens with zero attached hydrogens (tertiary/aromatic N) is 2. The number of β-lactam (4-membered cyclic amide) rings is 1. The van der Waals surface area contributed by atoms with Crippen LogP contribution in [-0.2, 0) is 27.9 Å². The molecule has 218 valence electrons. The summed E-state index contributed by atoms with van der Waals surface area (Å²) in [5.41, 5.74) is 1.11. The van der Waals surface area contributed by atoms with E-state index in [1.807, 2.05) is 23.3 Å². The molecule has 12 nitrogen and oxygen atoms in total. The van der Waals surface area contributed by atoms with Gasteiger partial charge in [-0.25, -0.2) is 9.59 Å². The van der Waals surface area contributed by atoms with Crippen molar-refractivity contribution in [2.24, 2.45) is 17.8 Å². The molecule has 15 heteroatoms. The first-order valence-electron chi connectivity index (χ1n) is 13.4. The number of amides is 3. The Morgan fingerprint density at radius 1 is 1.13 bits per heavy atom. The Balaban J connectivity index is 1.71. The van der Waals surface area contributed by atoms with Crippen molar-refractivity contribution in [3.05, 3.63) is 11.3 Å². The van der Waals surface area contributed by atoms with Crippen LogP contribution < -0.4 is 10.6 Å². The predicted octanol–water partition coefficient (Wildman–Crippen LogP) is 2.35. The lowest BCUT2D eigenvalue weighted by atomic mass is 9.77. The highest BCUT2D eigenvalue weighted by molar-refractivity contribution is 7.11. The van der Waals surface area contributed by atoms with Crippen molar-refractivity contribution in [2.45, 2.75) is 71.3 Å². The van der Waals surface area contributed by atoms with Crippen LogP contribution in [0.15, 0.2) is 11.3 Å². The van der Waals surface area contributed by atoms with Crippen LogP contribution in [0, 0.1) is 23.2 Å². The molecule has 39 heavy (non-hydrogen) atoms. The van der Waals surface area contributed by atoms with Crippen LogP contribution in [0.5, 0.6) is 0 Å². The van der Waals surface area contributed by atoms with E-state index in [2.05, 4.69) is 40.8 Å². The molecule has 3 amide bonds. The average Bonchev–Trinajstić information content (AvgIpc) is 3.48. The van der Waals surface area contributed by atoms with Crippen LogP contribution in [0.4, 0.5) is 4.79 Å². The minimum atomic E-state index is -1.93. The molecule has 0 saturated carbocycles. The van der Waals surface area contributed by atoms with Gasteiger partial charge >= 0.3 is 12.1 Å². The third-order valence-electron chi connectivity index (χ3n) is 8.59. The van der Waals surface area contributed by atoms with Gasteiger partial charge in [-0.3, -0.25) is 30.5 Å². The molecule has 3 aliphatic rings. The molecule has 2 saturated heterocycles. The van der Waals surface area contributed by atoms with Gasteiger partial charge in [0.2, 0.25) is 17.8 Å². The normalized spacial score (nSPS) is 25.6. The fourth-order valence-corrected chi connectivity index (χ4v) is 9.28. The van der Waals surface area contributed by atoms with E-state index in [1.165, 1.54) is 0 Å². The first-order chi connectivity index (χ1) is 18.5. The molecule has 3 aliphatic heterocycles. The second-order valence-electron chi connectivity index (χ2n) is 10.5. The second-order valence-corrected chi connectivity index (χ2v) is 15.7. The standard InChI is InChI=1S/C24H41N5O7P2Si/c1-6-39(7-2,8-3)36-14(5)17-18-13(4)16(19(22(32)34-37)29(18)21(17)31)12-28-10-9-15(11-28)20(30)26-23(25)27-24(33)35-38/h13-15,17-18H,6-12,37-38H2,1-5H3,(H3,25,26,27,30,33)/t13-,14+,15-,17?,18+/m0/s1. The Morgan fingerprint density at radius 2 is 1.77 bits per heavy atom. The molecule has 0 aliphatic carbocycles. The molecular formula is C24H41N5O7P2Si. The summed E-state index contributed by atoms with van der Waals surface area (Å²) in [7, 11) is 1.81. The predicted molar refractivity (Wildman–Crippen MR) is 154 cm³/mol. The maximum absolute atomic E-state index is 13.4. The molecule has 3 heterocycles. The Hall–Kier alpha value is -1.91. The van der Waals surface area contributed by atoms with Crippen molar-refractivity contribution >= 4 is 57.1 Å². The molecule has 7 atom stereocenters. The zero-order valence-electron chi connectivity index (χ0n) is 23.2. The van der Waals surface area contributed by atoms with Gasteiger partial charge in [-0.2, -0.15) is 0 Å². The third-order valence-corrected chi connectivity index (χ3v) is 13.8. The number of carbonyl (C=O) groups excluding carboxylic acids is 4. The summed E-state index contributed by atoms with van der Waals surface area (Å²) in [5, 5.41) is 12.2. The van der Waals surface area contributed by atoms with Gasteiger partial charge in [-0.15, -0.1) is 0 Å². The van der Waals surface area contributed by atoms with Gasteiger partial charge in [0.15, 0.2) is 8.32 Å². The van der Waals surface area contributed by atoms with Crippen molar-refractivity contribution in [2.75, 3.05) is 19.6 Å². The number of hydrogen-bond acceptors (Lipinski definition) is 9. The topological polar surface area (TPSA) is 150 Å². The molecule has 0 bridgehead atoms. The van der Waals surface area contributed by atoms with Crippen LogP contribution in [-0.4, -0.2) is 79.7 Å². The summed E-state index contributed by atoms with van der Waals surface area (Å²) in [4.78, 5) is 53.8. The smallest absolute Gasteiger partial charge is 0.416 e. The van der Waals surface area contributed by atoms with Gasteiger partial charge < -0.3 is 18.4 Å². The van der Waals surface area contributed by atoms with Crippen molar-refractivity contribution in [3.8, 4) is 0 Å². The number of fused-ring (bicyclic) bond motifs is 1. The lowest BCUT2D eigenvalue weighted by molar-refractivity contribution is -0.161. The van der Waals surface area contributed by atoms with Gasteiger partial charge in [0.1, 0.15) is 5.70 Å². The second kappa shape index (κ2) is 13.2. The summed E-state index contributed by atoms with van der Waals surface area (Å²) in [5.74, 6) is -2.34. The monoisotopic (exact) mass is 601 g/mol. The van der Waals surface area contributed by atoms with E-state index in [4.69, 9.17) is 14.4 Å². The number of hydrogen-bond donors (Lipinski definition) is 3. The molecular weight excluding hydrogens is 560 g/mol. The number of rotatable bonds is 10. The SMILES string of the molecule is CC[Si](CC)(CC)O[C@H](C)C1C(=O)N2C(C(=O)OP)=C(CN3CC[C@H](C(=O)NC(=N)NC(=O)OP)C3)[C@H](C)[C@H]12. The number of guanidine groups is 1. The number of nitrogens with one attached hydrogen (secondary N) is 3. The van der Waals surface area contributed by atoms with E-state index in [0.29, 0.717) is 26.1 Å². The first kappa shape index (κ1) is 31.6. The maximum atomic E-state index is 13.4. The zero-order chi connectivity index (χ0) is 29.1. The Morgan fingerprint density at radius 3 is 2.33 bits per heavy atom. The molecule has 2 fully saturated rings. The van der Waals surface area contributed by atoms with Crippen molar-refractivity contribution < 1.29 is 32.7 Å². The van der Waals surface area contributed by atoms with Crippen LogP contribution in [0.3, 0.4) is 0 Å². The van der Waals surface area contributed by atoms with Crippen molar-refractivity contribution in [1.29, 1.82) is 5.41 Å². The molecule has 0 aromatic heterocycles. The van der Waals surface area contributed by atoms with Crippen LogP contribution in [0.25, 0.3) is 0 Å². The van der Waals surface area contributed by atoms with Gasteiger partial charge in [-0.05, 0) is 43.6 Å². The van der Waals surface area contributed by atoms with Gasteiger partial charge in [0.25, 0.3) is 0 Å². The summed E-state index contributed by atoms with van der Waals surface area (Å²) >= 11 is 0. The minimum Gasteiger partial charge on any atom is -0.447 e. The van der Waals surface area contributed by atoms with Crippen LogP contribution in [0.2, 0.25) is 18.1 Å². The van der Waals surface area contributed by atoms with E-state index in [1.54, 1.807) is 14.4 Å². The first-order valence-corrected chi connectivity index (χ1v) is 16.9. The molecule has 0 spiro atoms. The highest BCUT2D eigenvalue weighted by Gasteiger charge is 2.61. The van der Waals surface area contributed by atoms with Crippen molar-refractivity contribution in [3.63, 3.8) is 0 Å². The summed E-state index contributed by atoms with van der Waals surface area (Å²) in [6, 6.07) is 2.79. The van der Waals surface area contributed by atoms with E-state index < -0.39 is 32.3 Å². The molecule has 3 unspecified atom stereocenters. The average molecular weight is 602 g/mol. The van der Waals surface area contributed by atoms with Crippen LogP contribution >= 0.6 is 18.9 Å². The molecule has 0 aromatic rings. The fourth-order valence-electron chi connectivity index (χ4n) is 6.17. The highest BCUT2D eigenvalue weighted by Crippen LogP contribution is 2.49. The Bertz CT molecular complexity index is 1030. The quantitative estimate of drug-likeness (QED) is 0.114. The van der Waals surface area contributed by atoms with E-state index in [-0.39, 0.29) is 41.5 Å². The fraction of sp³-hybridized carbons (Fsp3) is 0.708. The molecule has 0 radical (unpaired) electrons.